The first kappa shape index (κ1) is 10.0. The molecule has 70 valence electrons. The Kier molecular flexibility index (Phi) is 3.26. The average molecular weight is 175 g/mol. The fourth-order valence-corrected chi connectivity index (χ4v) is 1.34. The van der Waals surface area contributed by atoms with Gasteiger partial charge >= 0.3 is 0 Å². The molecule has 1 nitrogen and oxygen atoms in total. The predicted molar refractivity (Wildman–Crippen MR) is 58.6 cm³/mol. The summed E-state index contributed by atoms with van der Waals surface area (Å²) in [6, 6.07) is 6.44. The lowest BCUT2D eigenvalue weighted by atomic mass is 10.0. The highest BCUT2D eigenvalue weighted by atomic mass is 14.6. The van der Waals surface area contributed by atoms with Gasteiger partial charge in [-0.1, -0.05) is 30.4 Å². The second kappa shape index (κ2) is 4.24. The van der Waals surface area contributed by atoms with E-state index in [-0.39, 0.29) is 6.04 Å². The Balaban J connectivity index is 3.00. The molecule has 0 aromatic heterocycles. The molecule has 1 heteroatoms. The molecule has 0 saturated heterocycles. The van der Waals surface area contributed by atoms with Gasteiger partial charge < -0.3 is 5.73 Å². The fourth-order valence-electron chi connectivity index (χ4n) is 1.34. The van der Waals surface area contributed by atoms with Crippen LogP contribution in [0, 0.1) is 13.8 Å². The monoisotopic (exact) mass is 175 g/mol. The molecule has 0 bridgehead atoms. The van der Waals surface area contributed by atoms with Crippen molar-refractivity contribution in [1.29, 1.82) is 0 Å². The van der Waals surface area contributed by atoms with Crippen LogP contribution in [0.3, 0.4) is 0 Å². The number of aryl methyl sites for hydroxylation is 2. The topological polar surface area (TPSA) is 26.0 Å². The molecule has 13 heavy (non-hydrogen) atoms. The third-order valence-corrected chi connectivity index (χ3v) is 2.11. The number of hydrogen-bond acceptors (Lipinski definition) is 1. The number of rotatable bonds is 2. The van der Waals surface area contributed by atoms with Gasteiger partial charge in [0.1, 0.15) is 0 Å². The summed E-state index contributed by atoms with van der Waals surface area (Å²) in [5.74, 6) is 0. The number of nitrogens with two attached hydrogens (primary N) is 1. The summed E-state index contributed by atoms with van der Waals surface area (Å²) in [5, 5.41) is 0. The first-order chi connectivity index (χ1) is 6.11. The molecular formula is C12H17N. The van der Waals surface area contributed by atoms with Gasteiger partial charge in [0.2, 0.25) is 0 Å². The van der Waals surface area contributed by atoms with Crippen LogP contribution < -0.4 is 5.73 Å². The highest BCUT2D eigenvalue weighted by Crippen LogP contribution is 2.14. The quantitative estimate of drug-likeness (QED) is 0.734. The van der Waals surface area contributed by atoms with Crippen molar-refractivity contribution in [1.82, 2.24) is 0 Å². The van der Waals surface area contributed by atoms with Crippen LogP contribution in [-0.4, -0.2) is 6.04 Å². The molecule has 0 radical (unpaired) electrons. The SMILES string of the molecule is Cc1cccc(C)c1/C=C/C(C)N. The second-order valence-electron chi connectivity index (χ2n) is 3.52. The molecule has 1 unspecified atom stereocenters. The van der Waals surface area contributed by atoms with Gasteiger partial charge in [0.15, 0.2) is 0 Å². The zero-order valence-corrected chi connectivity index (χ0v) is 8.54. The minimum absolute atomic E-state index is 0.124. The Morgan fingerprint density at radius 1 is 1.23 bits per heavy atom. The summed E-state index contributed by atoms with van der Waals surface area (Å²) >= 11 is 0. The van der Waals surface area contributed by atoms with Gasteiger partial charge in [-0.05, 0) is 37.5 Å². The zero-order chi connectivity index (χ0) is 9.84. The standard InChI is InChI=1S/C12H17N/c1-9-5-4-6-10(2)12(9)8-7-11(3)13/h4-8,11H,13H2,1-3H3/b8-7+. The molecule has 0 fully saturated rings. The summed E-state index contributed by atoms with van der Waals surface area (Å²) in [4.78, 5) is 0. The summed E-state index contributed by atoms with van der Waals surface area (Å²) in [7, 11) is 0. The Hall–Kier alpha value is -1.08. The lowest BCUT2D eigenvalue weighted by Crippen LogP contribution is -2.10. The van der Waals surface area contributed by atoms with E-state index in [2.05, 4.69) is 38.1 Å². The fraction of sp³-hybridized carbons (Fsp3) is 0.333. The van der Waals surface area contributed by atoms with Crippen molar-refractivity contribution in [2.75, 3.05) is 0 Å². The van der Waals surface area contributed by atoms with Crippen molar-refractivity contribution in [2.45, 2.75) is 26.8 Å². The minimum atomic E-state index is 0.124. The van der Waals surface area contributed by atoms with Crippen molar-refractivity contribution >= 4 is 6.08 Å². The lowest BCUT2D eigenvalue weighted by molar-refractivity contribution is 0.930. The maximum atomic E-state index is 5.65. The van der Waals surface area contributed by atoms with Crippen LogP contribution >= 0.6 is 0 Å². The average Bonchev–Trinajstić information content (AvgIpc) is 2.03. The van der Waals surface area contributed by atoms with Crippen LogP contribution in [0.25, 0.3) is 6.08 Å². The Bertz CT molecular complexity index is 291. The maximum Gasteiger partial charge on any atom is 0.0198 e. The Morgan fingerprint density at radius 3 is 2.23 bits per heavy atom. The van der Waals surface area contributed by atoms with Crippen molar-refractivity contribution in [3.8, 4) is 0 Å². The van der Waals surface area contributed by atoms with E-state index < -0.39 is 0 Å². The summed E-state index contributed by atoms with van der Waals surface area (Å²) in [6.07, 6.45) is 4.13. The summed E-state index contributed by atoms with van der Waals surface area (Å²) < 4.78 is 0. The molecule has 1 aromatic carbocycles. The molecule has 0 amide bonds. The molecule has 1 atom stereocenters. The molecule has 1 aromatic rings. The molecule has 0 aliphatic rings. The molecule has 1 rings (SSSR count). The van der Waals surface area contributed by atoms with Crippen LogP contribution in [0.2, 0.25) is 0 Å². The van der Waals surface area contributed by atoms with Crippen LogP contribution in [0.4, 0.5) is 0 Å². The number of benzene rings is 1. The van der Waals surface area contributed by atoms with E-state index >= 15 is 0 Å². The van der Waals surface area contributed by atoms with Crippen molar-refractivity contribution < 1.29 is 0 Å². The van der Waals surface area contributed by atoms with Crippen LogP contribution in [0.5, 0.6) is 0 Å². The molecule has 0 spiro atoms. The van der Waals surface area contributed by atoms with Crippen molar-refractivity contribution in [3.63, 3.8) is 0 Å². The molecule has 0 aliphatic heterocycles. The van der Waals surface area contributed by atoms with E-state index in [1.807, 2.05) is 13.0 Å². The van der Waals surface area contributed by atoms with E-state index in [0.717, 1.165) is 0 Å². The van der Waals surface area contributed by atoms with Gasteiger partial charge in [0.25, 0.3) is 0 Å². The maximum absolute atomic E-state index is 5.65. The van der Waals surface area contributed by atoms with Crippen LogP contribution in [-0.2, 0) is 0 Å². The Morgan fingerprint density at radius 2 is 1.77 bits per heavy atom. The first-order valence-corrected chi connectivity index (χ1v) is 4.61. The Labute approximate surface area is 80.3 Å². The van der Waals surface area contributed by atoms with Crippen LogP contribution in [0.15, 0.2) is 24.3 Å². The molecule has 0 saturated carbocycles. The third-order valence-electron chi connectivity index (χ3n) is 2.11. The zero-order valence-electron chi connectivity index (χ0n) is 8.54. The van der Waals surface area contributed by atoms with Crippen molar-refractivity contribution in [3.05, 3.63) is 41.0 Å². The first-order valence-electron chi connectivity index (χ1n) is 4.61. The van der Waals surface area contributed by atoms with Gasteiger partial charge in [-0.25, -0.2) is 0 Å². The highest BCUT2D eigenvalue weighted by molar-refractivity contribution is 5.57. The predicted octanol–water partition coefficient (Wildman–Crippen LogP) is 2.66. The third kappa shape index (κ3) is 2.71. The van der Waals surface area contributed by atoms with Crippen molar-refractivity contribution in [2.24, 2.45) is 5.73 Å². The molecule has 0 aliphatic carbocycles. The van der Waals surface area contributed by atoms with E-state index in [0.29, 0.717) is 0 Å². The molecule has 0 heterocycles. The summed E-state index contributed by atoms with van der Waals surface area (Å²) in [5.41, 5.74) is 9.55. The summed E-state index contributed by atoms with van der Waals surface area (Å²) in [6.45, 7) is 6.21. The number of hydrogen-bond donors (Lipinski definition) is 1. The van der Waals surface area contributed by atoms with Gasteiger partial charge in [-0.3, -0.25) is 0 Å². The minimum Gasteiger partial charge on any atom is -0.325 e. The highest BCUT2D eigenvalue weighted by Gasteiger charge is 1.97. The largest absolute Gasteiger partial charge is 0.325 e. The van der Waals surface area contributed by atoms with E-state index in [4.69, 9.17) is 5.73 Å². The lowest BCUT2D eigenvalue weighted by Gasteiger charge is -2.04. The van der Waals surface area contributed by atoms with Gasteiger partial charge in [0.05, 0.1) is 0 Å². The smallest absolute Gasteiger partial charge is 0.0198 e. The van der Waals surface area contributed by atoms with E-state index in [1.165, 1.54) is 16.7 Å². The van der Waals surface area contributed by atoms with Gasteiger partial charge in [0, 0.05) is 6.04 Å². The molecular weight excluding hydrogens is 158 g/mol. The van der Waals surface area contributed by atoms with Crippen LogP contribution in [0.1, 0.15) is 23.6 Å². The molecule has 2 N–H and O–H groups in total. The second-order valence-corrected chi connectivity index (χ2v) is 3.52. The van der Waals surface area contributed by atoms with E-state index in [1.54, 1.807) is 0 Å². The van der Waals surface area contributed by atoms with Gasteiger partial charge in [-0.2, -0.15) is 0 Å². The van der Waals surface area contributed by atoms with E-state index in [9.17, 15) is 0 Å². The van der Waals surface area contributed by atoms with Gasteiger partial charge in [-0.15, -0.1) is 0 Å². The normalized spacial score (nSPS) is 13.5.